The van der Waals surface area contributed by atoms with Gasteiger partial charge >= 0.3 is 0 Å². The molecule has 2 atom stereocenters. The molecule has 39 heavy (non-hydrogen) atoms. The summed E-state index contributed by atoms with van der Waals surface area (Å²) >= 11 is 5.82. The van der Waals surface area contributed by atoms with Gasteiger partial charge in [0, 0.05) is 36.2 Å². The third-order valence-corrected chi connectivity index (χ3v) is 7.71. The number of carbonyl (C=O) groups excluding carboxylic acids is 1. The predicted molar refractivity (Wildman–Crippen MR) is 158 cm³/mol. The van der Waals surface area contributed by atoms with Crippen LogP contribution in [0.25, 0.3) is 5.69 Å². The van der Waals surface area contributed by atoms with E-state index < -0.39 is 0 Å². The Hall–Kier alpha value is -4.17. The van der Waals surface area contributed by atoms with Gasteiger partial charge in [-0.05, 0) is 80.0 Å². The van der Waals surface area contributed by atoms with Crippen LogP contribution in [0, 0.1) is 13.8 Å². The SMILES string of the molecule is CCc1ccccc1NC(=O)CCN1C(=S)N[C@@H](c2ccccn2)[C@@H]1c1cc(C)n(-c2ccccc2O)c1C. The monoisotopic (exact) mass is 539 g/mol. The molecule has 1 aliphatic rings. The average molecular weight is 540 g/mol. The number of carbonyl (C=O) groups is 1. The van der Waals surface area contributed by atoms with E-state index in [1.165, 1.54) is 0 Å². The number of nitrogens with one attached hydrogen (secondary N) is 2. The number of nitrogens with zero attached hydrogens (tertiary/aromatic N) is 3. The number of pyridine rings is 1. The van der Waals surface area contributed by atoms with Crippen LogP contribution in [0.4, 0.5) is 5.69 Å². The molecule has 0 radical (unpaired) electrons. The lowest BCUT2D eigenvalue weighted by molar-refractivity contribution is -0.116. The zero-order valence-corrected chi connectivity index (χ0v) is 23.2. The number of phenols is 1. The molecule has 1 saturated heterocycles. The number of aromatic hydroxyl groups is 1. The van der Waals surface area contributed by atoms with E-state index in [1.807, 2.05) is 67.6 Å². The topological polar surface area (TPSA) is 82.4 Å². The molecule has 7 nitrogen and oxygen atoms in total. The molecule has 200 valence electrons. The number of amides is 1. The zero-order valence-electron chi connectivity index (χ0n) is 22.4. The fourth-order valence-electron chi connectivity index (χ4n) is 5.48. The summed E-state index contributed by atoms with van der Waals surface area (Å²) in [4.78, 5) is 19.8. The van der Waals surface area contributed by atoms with Gasteiger partial charge in [0.05, 0.1) is 23.5 Å². The molecule has 0 spiro atoms. The quantitative estimate of drug-likeness (QED) is 0.247. The highest BCUT2D eigenvalue weighted by Gasteiger charge is 2.41. The van der Waals surface area contributed by atoms with Crippen molar-refractivity contribution in [3.63, 3.8) is 0 Å². The number of aromatic nitrogens is 2. The van der Waals surface area contributed by atoms with Gasteiger partial charge in [-0.3, -0.25) is 9.78 Å². The van der Waals surface area contributed by atoms with Gasteiger partial charge in [0.1, 0.15) is 5.75 Å². The van der Waals surface area contributed by atoms with Crippen LogP contribution in [-0.4, -0.2) is 37.1 Å². The fraction of sp³-hybridized carbons (Fsp3) is 0.258. The summed E-state index contributed by atoms with van der Waals surface area (Å²) in [5.74, 6) is 0.159. The van der Waals surface area contributed by atoms with Crippen molar-refractivity contribution in [2.45, 2.75) is 45.7 Å². The number of benzene rings is 2. The van der Waals surface area contributed by atoms with E-state index >= 15 is 0 Å². The summed E-state index contributed by atoms with van der Waals surface area (Å²) in [5, 5.41) is 17.7. The number of para-hydroxylation sites is 3. The maximum absolute atomic E-state index is 13.0. The Labute approximate surface area is 234 Å². The van der Waals surface area contributed by atoms with Crippen molar-refractivity contribution in [2.24, 2.45) is 0 Å². The molecule has 3 N–H and O–H groups in total. The largest absolute Gasteiger partial charge is 0.506 e. The Morgan fingerprint density at radius 2 is 1.82 bits per heavy atom. The zero-order chi connectivity index (χ0) is 27.5. The first-order valence-corrected chi connectivity index (χ1v) is 13.6. The van der Waals surface area contributed by atoms with Gasteiger partial charge in [-0.25, -0.2) is 0 Å². The molecule has 2 aromatic heterocycles. The maximum Gasteiger partial charge on any atom is 0.226 e. The van der Waals surface area contributed by atoms with Crippen LogP contribution in [0.3, 0.4) is 0 Å². The summed E-state index contributed by atoms with van der Waals surface area (Å²) in [6.45, 7) is 6.61. The summed E-state index contributed by atoms with van der Waals surface area (Å²) in [6, 6.07) is 22.8. The third kappa shape index (κ3) is 5.25. The minimum absolute atomic E-state index is 0.0570. The smallest absolute Gasteiger partial charge is 0.226 e. The van der Waals surface area contributed by atoms with Crippen molar-refractivity contribution in [3.8, 4) is 11.4 Å². The summed E-state index contributed by atoms with van der Waals surface area (Å²) < 4.78 is 2.06. The lowest BCUT2D eigenvalue weighted by atomic mass is 9.96. The number of thiocarbonyl (C=S) groups is 1. The van der Waals surface area contributed by atoms with Gasteiger partial charge in [-0.1, -0.05) is 43.3 Å². The van der Waals surface area contributed by atoms with Crippen molar-refractivity contribution >= 4 is 28.9 Å². The van der Waals surface area contributed by atoms with Crippen LogP contribution in [0.5, 0.6) is 5.75 Å². The highest BCUT2D eigenvalue weighted by Crippen LogP contribution is 2.42. The van der Waals surface area contributed by atoms with Crippen LogP contribution >= 0.6 is 12.2 Å². The van der Waals surface area contributed by atoms with Gasteiger partial charge < -0.3 is 25.2 Å². The molecule has 1 fully saturated rings. The first-order valence-electron chi connectivity index (χ1n) is 13.2. The lowest BCUT2D eigenvalue weighted by Gasteiger charge is -2.28. The van der Waals surface area contributed by atoms with E-state index in [9.17, 15) is 9.90 Å². The van der Waals surface area contributed by atoms with Crippen molar-refractivity contribution in [1.29, 1.82) is 0 Å². The van der Waals surface area contributed by atoms with Gasteiger partial charge in [-0.2, -0.15) is 0 Å². The molecule has 1 amide bonds. The minimum atomic E-state index is -0.194. The lowest BCUT2D eigenvalue weighted by Crippen LogP contribution is -2.33. The minimum Gasteiger partial charge on any atom is -0.506 e. The van der Waals surface area contributed by atoms with E-state index in [0.29, 0.717) is 11.7 Å². The summed E-state index contributed by atoms with van der Waals surface area (Å²) in [7, 11) is 0. The predicted octanol–water partition coefficient (Wildman–Crippen LogP) is 5.76. The van der Waals surface area contributed by atoms with E-state index in [1.54, 1.807) is 12.3 Å². The van der Waals surface area contributed by atoms with E-state index in [0.717, 1.165) is 46.0 Å². The van der Waals surface area contributed by atoms with Crippen molar-refractivity contribution < 1.29 is 9.90 Å². The maximum atomic E-state index is 13.0. The van der Waals surface area contributed by atoms with Crippen LogP contribution in [0.15, 0.2) is 79.0 Å². The third-order valence-electron chi connectivity index (χ3n) is 7.36. The highest BCUT2D eigenvalue weighted by atomic mass is 32.1. The molecule has 1 aliphatic heterocycles. The highest BCUT2D eigenvalue weighted by molar-refractivity contribution is 7.80. The average Bonchev–Trinajstić information content (AvgIpc) is 3.42. The summed E-state index contributed by atoms with van der Waals surface area (Å²) in [5.41, 5.74) is 6.61. The molecule has 0 aliphatic carbocycles. The van der Waals surface area contributed by atoms with Crippen molar-refractivity contribution in [1.82, 2.24) is 19.8 Å². The molecule has 8 heteroatoms. The van der Waals surface area contributed by atoms with Crippen molar-refractivity contribution in [2.75, 3.05) is 11.9 Å². The van der Waals surface area contributed by atoms with Crippen LogP contribution in [0.2, 0.25) is 0 Å². The van der Waals surface area contributed by atoms with Crippen LogP contribution in [-0.2, 0) is 11.2 Å². The molecule has 2 aromatic carbocycles. The second kappa shape index (κ2) is 11.3. The molecule has 0 saturated carbocycles. The number of aryl methyl sites for hydroxylation is 2. The number of anilines is 1. The first kappa shape index (κ1) is 26.4. The molecule has 5 rings (SSSR count). The molecule has 4 aromatic rings. The van der Waals surface area contributed by atoms with Crippen molar-refractivity contribution in [3.05, 3.63) is 107 Å². The molecular weight excluding hydrogens is 506 g/mol. The number of phenolic OH excluding ortho intramolecular Hbond substituents is 1. The van der Waals surface area contributed by atoms with Crippen LogP contribution in [0.1, 0.15) is 53.6 Å². The van der Waals surface area contributed by atoms with E-state index in [4.69, 9.17) is 12.2 Å². The second-order valence-corrected chi connectivity index (χ2v) is 10.2. The standard InChI is InChI=1S/C31H33N5O2S/c1-4-22-11-5-6-12-24(22)33-28(38)16-18-35-30(29(34-31(35)39)25-13-9-10-17-32-25)23-19-20(2)36(21(23)3)26-14-7-8-15-27(26)37/h5-15,17,19,29-30,37H,4,16,18H2,1-3H3,(H,33,38)(H,34,39)/t29-,30-/m0/s1. The van der Waals surface area contributed by atoms with Gasteiger partial charge in [0.2, 0.25) is 5.91 Å². The van der Waals surface area contributed by atoms with E-state index in [-0.39, 0.29) is 30.2 Å². The molecule has 0 unspecified atom stereocenters. The molecule has 0 bridgehead atoms. The van der Waals surface area contributed by atoms with Gasteiger partial charge in [0.25, 0.3) is 0 Å². The Kier molecular flexibility index (Phi) is 7.65. The van der Waals surface area contributed by atoms with Gasteiger partial charge in [-0.15, -0.1) is 0 Å². The summed E-state index contributed by atoms with van der Waals surface area (Å²) in [6.07, 6.45) is 2.91. The van der Waals surface area contributed by atoms with Gasteiger partial charge in [0.15, 0.2) is 5.11 Å². The number of hydrogen-bond acceptors (Lipinski definition) is 4. The molecule has 3 heterocycles. The Morgan fingerprint density at radius 1 is 1.08 bits per heavy atom. The second-order valence-electron chi connectivity index (χ2n) is 9.78. The Bertz CT molecular complexity index is 1500. The van der Waals surface area contributed by atoms with Crippen LogP contribution < -0.4 is 10.6 Å². The number of rotatable bonds is 8. The van der Waals surface area contributed by atoms with E-state index in [2.05, 4.69) is 45.0 Å². The molecular formula is C31H33N5O2S. The normalized spacial score (nSPS) is 16.8. The fourth-order valence-corrected chi connectivity index (χ4v) is 5.81. The Balaban J connectivity index is 1.47. The number of hydrogen-bond donors (Lipinski definition) is 3. The Morgan fingerprint density at radius 3 is 2.56 bits per heavy atom. The first-order chi connectivity index (χ1) is 18.9.